The summed E-state index contributed by atoms with van der Waals surface area (Å²) in [6.07, 6.45) is 1.72. The van der Waals surface area contributed by atoms with E-state index in [1.165, 1.54) is 22.2 Å². The van der Waals surface area contributed by atoms with E-state index in [0.29, 0.717) is 18.5 Å². The van der Waals surface area contributed by atoms with Gasteiger partial charge in [-0.2, -0.15) is 0 Å². The summed E-state index contributed by atoms with van der Waals surface area (Å²) in [6, 6.07) is 1.76. The number of aromatic nitrogens is 2. The molecule has 2 rings (SSSR count). The van der Waals surface area contributed by atoms with Gasteiger partial charge in [-0.25, -0.2) is 4.98 Å². The minimum absolute atomic E-state index is 0. The van der Waals surface area contributed by atoms with E-state index in [0.717, 1.165) is 4.83 Å². The summed E-state index contributed by atoms with van der Waals surface area (Å²) < 4.78 is 1.48. The van der Waals surface area contributed by atoms with Crippen molar-refractivity contribution in [3.05, 3.63) is 28.1 Å². The molecule has 0 aromatic carbocycles. The summed E-state index contributed by atoms with van der Waals surface area (Å²) in [4.78, 5) is 29.3. The fourth-order valence-corrected chi connectivity index (χ4v) is 2.81. The molecular formula is C15H23ClN4O2S. The van der Waals surface area contributed by atoms with Gasteiger partial charge in [0.15, 0.2) is 0 Å². The van der Waals surface area contributed by atoms with Crippen LogP contribution < -0.4 is 16.6 Å². The van der Waals surface area contributed by atoms with Crippen LogP contribution in [0.3, 0.4) is 0 Å². The first-order chi connectivity index (χ1) is 10.4. The summed E-state index contributed by atoms with van der Waals surface area (Å²) in [7, 11) is 0. The van der Waals surface area contributed by atoms with Gasteiger partial charge in [0, 0.05) is 19.5 Å². The Labute approximate surface area is 145 Å². The van der Waals surface area contributed by atoms with Gasteiger partial charge in [-0.3, -0.25) is 14.2 Å². The SMILES string of the molecule is CC(C)C(C)(CN)NC(=O)CCn1cnc2sccc2c1=O.Cl. The van der Waals surface area contributed by atoms with E-state index in [1.54, 1.807) is 6.07 Å². The van der Waals surface area contributed by atoms with E-state index in [4.69, 9.17) is 5.73 Å². The number of nitrogens with one attached hydrogen (secondary N) is 1. The van der Waals surface area contributed by atoms with Crippen LogP contribution in [0.1, 0.15) is 27.2 Å². The number of fused-ring (bicyclic) bond motifs is 1. The van der Waals surface area contributed by atoms with E-state index in [2.05, 4.69) is 10.3 Å². The summed E-state index contributed by atoms with van der Waals surface area (Å²) in [5.74, 6) is 0.118. The van der Waals surface area contributed by atoms with Crippen LogP contribution in [0.15, 0.2) is 22.6 Å². The average Bonchev–Trinajstić information content (AvgIpc) is 2.95. The third kappa shape index (κ3) is 4.31. The topological polar surface area (TPSA) is 90.0 Å². The summed E-state index contributed by atoms with van der Waals surface area (Å²) in [5.41, 5.74) is 5.22. The van der Waals surface area contributed by atoms with Crippen molar-refractivity contribution in [2.45, 2.75) is 39.3 Å². The zero-order chi connectivity index (χ0) is 16.3. The van der Waals surface area contributed by atoms with Crippen molar-refractivity contribution in [1.82, 2.24) is 14.9 Å². The Morgan fingerprint density at radius 2 is 2.22 bits per heavy atom. The lowest BCUT2D eigenvalue weighted by molar-refractivity contribution is -0.123. The van der Waals surface area contributed by atoms with E-state index in [1.807, 2.05) is 26.2 Å². The highest BCUT2D eigenvalue weighted by Gasteiger charge is 2.28. The van der Waals surface area contributed by atoms with E-state index < -0.39 is 5.54 Å². The Morgan fingerprint density at radius 3 is 2.83 bits per heavy atom. The molecule has 6 nitrogen and oxygen atoms in total. The number of hydrogen-bond acceptors (Lipinski definition) is 5. The molecule has 3 N–H and O–H groups in total. The third-order valence-electron chi connectivity index (χ3n) is 4.15. The maximum Gasteiger partial charge on any atom is 0.262 e. The van der Waals surface area contributed by atoms with Crippen LogP contribution in [0.25, 0.3) is 10.2 Å². The van der Waals surface area contributed by atoms with Gasteiger partial charge in [0.25, 0.3) is 5.56 Å². The monoisotopic (exact) mass is 358 g/mol. The normalized spacial score (nSPS) is 13.6. The van der Waals surface area contributed by atoms with Crippen LogP contribution >= 0.6 is 23.7 Å². The molecule has 0 bridgehead atoms. The second kappa shape index (κ2) is 7.90. The van der Waals surface area contributed by atoms with Crippen molar-refractivity contribution in [3.8, 4) is 0 Å². The van der Waals surface area contributed by atoms with Crippen molar-refractivity contribution in [2.24, 2.45) is 11.7 Å². The highest BCUT2D eigenvalue weighted by atomic mass is 35.5. The van der Waals surface area contributed by atoms with Gasteiger partial charge in [0.1, 0.15) is 4.83 Å². The van der Waals surface area contributed by atoms with Gasteiger partial charge in [-0.15, -0.1) is 23.7 Å². The third-order valence-corrected chi connectivity index (χ3v) is 4.97. The van der Waals surface area contributed by atoms with Crippen LogP contribution in [0.4, 0.5) is 0 Å². The number of halogens is 1. The fraction of sp³-hybridized carbons (Fsp3) is 0.533. The van der Waals surface area contributed by atoms with Gasteiger partial charge >= 0.3 is 0 Å². The maximum absolute atomic E-state index is 12.2. The Bertz CT molecular complexity index is 728. The van der Waals surface area contributed by atoms with E-state index in [-0.39, 0.29) is 36.2 Å². The first-order valence-electron chi connectivity index (χ1n) is 7.31. The molecule has 0 aliphatic carbocycles. The zero-order valence-electron chi connectivity index (χ0n) is 13.5. The summed E-state index contributed by atoms with van der Waals surface area (Å²) in [6.45, 7) is 6.65. The molecule has 1 unspecified atom stereocenters. The highest BCUT2D eigenvalue weighted by Crippen LogP contribution is 2.15. The molecule has 0 saturated heterocycles. The van der Waals surface area contributed by atoms with Crippen LogP contribution in [-0.4, -0.2) is 27.5 Å². The molecule has 0 saturated carbocycles. The first kappa shape index (κ1) is 19.6. The Balaban J connectivity index is 0.00000264. The lowest BCUT2D eigenvalue weighted by Crippen LogP contribution is -2.55. The fourth-order valence-electron chi connectivity index (χ4n) is 2.09. The Hall–Kier alpha value is -1.44. The van der Waals surface area contributed by atoms with Crippen LogP contribution in [0.5, 0.6) is 0 Å². The largest absolute Gasteiger partial charge is 0.349 e. The predicted molar refractivity (Wildman–Crippen MR) is 96.2 cm³/mol. The molecule has 2 aromatic heterocycles. The molecule has 0 radical (unpaired) electrons. The first-order valence-corrected chi connectivity index (χ1v) is 8.19. The van der Waals surface area contributed by atoms with Crippen LogP contribution in [0.2, 0.25) is 0 Å². The lowest BCUT2D eigenvalue weighted by atomic mass is 9.88. The molecular weight excluding hydrogens is 336 g/mol. The van der Waals surface area contributed by atoms with Crippen molar-refractivity contribution >= 4 is 39.9 Å². The molecule has 2 aromatic rings. The number of aryl methyl sites for hydroxylation is 1. The van der Waals surface area contributed by atoms with Gasteiger partial charge < -0.3 is 11.1 Å². The second-order valence-corrected chi connectivity index (χ2v) is 6.85. The van der Waals surface area contributed by atoms with Gasteiger partial charge in [-0.1, -0.05) is 13.8 Å². The number of rotatable bonds is 6. The lowest BCUT2D eigenvalue weighted by Gasteiger charge is -2.33. The van der Waals surface area contributed by atoms with Crippen LogP contribution in [0, 0.1) is 5.92 Å². The minimum Gasteiger partial charge on any atom is -0.349 e. The average molecular weight is 359 g/mol. The van der Waals surface area contributed by atoms with E-state index in [9.17, 15) is 9.59 Å². The molecule has 0 fully saturated rings. The van der Waals surface area contributed by atoms with Crippen molar-refractivity contribution in [1.29, 1.82) is 0 Å². The second-order valence-electron chi connectivity index (χ2n) is 5.96. The highest BCUT2D eigenvalue weighted by molar-refractivity contribution is 7.16. The smallest absolute Gasteiger partial charge is 0.262 e. The number of thiophene rings is 1. The summed E-state index contributed by atoms with van der Waals surface area (Å²) in [5, 5.41) is 5.40. The Morgan fingerprint density at radius 1 is 1.52 bits per heavy atom. The quantitative estimate of drug-likeness (QED) is 0.823. The molecule has 23 heavy (non-hydrogen) atoms. The number of hydrogen-bond donors (Lipinski definition) is 2. The molecule has 1 amide bonds. The predicted octanol–water partition coefficient (Wildman–Crippen LogP) is 1.76. The minimum atomic E-state index is -0.433. The number of carbonyl (C=O) groups is 1. The molecule has 0 aliphatic rings. The summed E-state index contributed by atoms with van der Waals surface area (Å²) >= 11 is 1.43. The zero-order valence-corrected chi connectivity index (χ0v) is 15.2. The van der Waals surface area contributed by atoms with Crippen LogP contribution in [-0.2, 0) is 11.3 Å². The number of nitrogens with two attached hydrogens (primary N) is 1. The molecule has 2 heterocycles. The number of amides is 1. The molecule has 0 aliphatic heterocycles. The van der Waals surface area contributed by atoms with Gasteiger partial charge in [0.05, 0.1) is 17.3 Å². The van der Waals surface area contributed by atoms with Gasteiger partial charge in [-0.05, 0) is 24.3 Å². The standard InChI is InChI=1S/C15H22N4O2S.ClH/c1-10(2)15(3,8-16)18-12(20)4-6-19-9-17-13-11(14(19)21)5-7-22-13;/h5,7,9-10H,4,6,8,16H2,1-3H3,(H,18,20);1H. The number of carbonyl (C=O) groups excluding carboxylic acids is 1. The van der Waals surface area contributed by atoms with Crippen molar-refractivity contribution in [3.63, 3.8) is 0 Å². The molecule has 1 atom stereocenters. The molecule has 0 spiro atoms. The van der Waals surface area contributed by atoms with Gasteiger partial charge in [0.2, 0.25) is 5.91 Å². The van der Waals surface area contributed by atoms with Crippen molar-refractivity contribution in [2.75, 3.05) is 6.54 Å². The number of nitrogens with zero attached hydrogens (tertiary/aromatic N) is 2. The molecule has 128 valence electrons. The maximum atomic E-state index is 12.2. The molecule has 8 heteroatoms. The van der Waals surface area contributed by atoms with Crippen molar-refractivity contribution < 1.29 is 4.79 Å². The Kier molecular flexibility index (Phi) is 6.73. The van der Waals surface area contributed by atoms with E-state index >= 15 is 0 Å².